The van der Waals surface area contributed by atoms with Crippen molar-refractivity contribution in [1.29, 1.82) is 0 Å². The van der Waals surface area contributed by atoms with Crippen molar-refractivity contribution < 1.29 is 80.2 Å². The lowest BCUT2D eigenvalue weighted by Crippen LogP contribution is -2.30. The number of phosphoric acid groups is 2. The van der Waals surface area contributed by atoms with Crippen LogP contribution in [0.3, 0.4) is 0 Å². The van der Waals surface area contributed by atoms with Crippen LogP contribution in [0.4, 0.5) is 0 Å². The Morgan fingerprint density at radius 3 is 0.978 bits per heavy atom. The van der Waals surface area contributed by atoms with E-state index >= 15 is 0 Å². The Kier molecular flexibility index (Phi) is 62.8. The molecule has 3 unspecified atom stereocenters. The molecule has 6 atom stereocenters. The van der Waals surface area contributed by atoms with Crippen LogP contribution in [0.1, 0.15) is 350 Å². The Morgan fingerprint density at radius 1 is 0.359 bits per heavy atom. The fourth-order valence-electron chi connectivity index (χ4n) is 10.5. The predicted octanol–water partition coefficient (Wildman–Crippen LogP) is 20.7. The van der Waals surface area contributed by atoms with Gasteiger partial charge in [-0.3, -0.25) is 37.3 Å². The molecule has 0 saturated carbocycles. The summed E-state index contributed by atoms with van der Waals surface area (Å²) in [6, 6.07) is 0. The van der Waals surface area contributed by atoms with E-state index < -0.39 is 97.5 Å². The molecule has 3 N–H and O–H groups in total. The minimum absolute atomic E-state index is 0.100. The number of rotatable bonds is 70. The fraction of sp³-hybridized carbons (Fsp3) is 0.890. The number of allylic oxidation sites excluding steroid dienone is 4. The highest BCUT2D eigenvalue weighted by Gasteiger charge is 2.30. The highest BCUT2D eigenvalue weighted by atomic mass is 31.2. The average Bonchev–Trinajstić information content (AvgIpc) is 1.52. The molecule has 0 aromatic heterocycles. The monoisotopic (exact) mass is 1350 g/mol. The minimum atomic E-state index is -4.96. The van der Waals surface area contributed by atoms with Crippen molar-refractivity contribution in [3.63, 3.8) is 0 Å². The number of hydrogen-bond donors (Lipinski definition) is 3. The van der Waals surface area contributed by atoms with Crippen LogP contribution in [0.25, 0.3) is 0 Å². The molecular weight excluding hydrogens is 1210 g/mol. The second kappa shape index (κ2) is 64.5. The summed E-state index contributed by atoms with van der Waals surface area (Å²) in [7, 11) is -9.92. The SMILES string of the molecule is CCCCCC/C=C\C=C/CCCCCCCC(=O)OC[C@H](COP(=O)(O)OC[C@@H](O)COP(=O)(O)OC[C@@H](COC(=O)CCCCCCCCCCCC)OC(=O)CCCCCCCCC(C)CC)OC(=O)CCCCCCCCCCCCCCCCC(C)C. The number of aliphatic hydroxyl groups is 1. The van der Waals surface area contributed by atoms with Crippen LogP contribution < -0.4 is 0 Å². The van der Waals surface area contributed by atoms with Crippen LogP contribution in [0.15, 0.2) is 24.3 Å². The predicted molar refractivity (Wildman–Crippen MR) is 372 cm³/mol. The van der Waals surface area contributed by atoms with Gasteiger partial charge in [0, 0.05) is 25.7 Å². The number of esters is 4. The van der Waals surface area contributed by atoms with Gasteiger partial charge in [0.1, 0.15) is 19.3 Å². The van der Waals surface area contributed by atoms with E-state index in [2.05, 4.69) is 65.8 Å². The second-order valence-electron chi connectivity index (χ2n) is 26.4. The molecule has 0 radical (unpaired) electrons. The number of phosphoric ester groups is 2. The Bertz CT molecular complexity index is 1880. The lowest BCUT2D eigenvalue weighted by atomic mass is 10.00. The first-order chi connectivity index (χ1) is 44.4. The van der Waals surface area contributed by atoms with E-state index in [1.165, 1.54) is 148 Å². The summed E-state index contributed by atoms with van der Waals surface area (Å²) in [5.74, 6) is -0.642. The number of aliphatic hydroxyl groups excluding tert-OH is 1. The first kappa shape index (κ1) is 89.5. The van der Waals surface area contributed by atoms with Gasteiger partial charge in [0.2, 0.25) is 0 Å². The molecule has 0 fully saturated rings. The Hall–Kier alpha value is -2.46. The molecule has 19 heteroatoms. The van der Waals surface area contributed by atoms with Crippen molar-refractivity contribution >= 4 is 39.5 Å². The standard InChI is InChI=1S/C73H138O17P2/c1-7-10-12-14-16-18-20-21-22-26-29-33-37-44-50-56-71(76)83-61-68(89-72(77)57-51-45-38-34-30-27-24-23-25-28-31-35-41-47-53-65(4)5)63-87-91(79,80)85-59-67(74)60-86-92(81,82)88-64-69(90-73(78)58-52-46-40-39-42-48-54-66(6)9-3)62-84-70(75)55-49-43-36-32-19-17-15-13-11-8-2/h18,20-22,65-69,74H,7-17,19,23-64H2,1-6H3,(H,79,80)(H,81,82)/b20-18-,22-21-/t66?,67-,68-,69-/m1/s1. The van der Waals surface area contributed by atoms with E-state index in [0.717, 1.165) is 121 Å². The highest BCUT2D eigenvalue weighted by molar-refractivity contribution is 7.47. The lowest BCUT2D eigenvalue weighted by Gasteiger charge is -2.21. The van der Waals surface area contributed by atoms with Gasteiger partial charge in [0.05, 0.1) is 26.4 Å². The smallest absolute Gasteiger partial charge is 0.462 e. The summed E-state index contributed by atoms with van der Waals surface area (Å²) in [6.07, 6.45) is 53.5. The molecule has 0 spiro atoms. The molecule has 17 nitrogen and oxygen atoms in total. The third-order valence-corrected chi connectivity index (χ3v) is 18.6. The molecule has 0 aromatic carbocycles. The van der Waals surface area contributed by atoms with Crippen molar-refractivity contribution in [3.8, 4) is 0 Å². The highest BCUT2D eigenvalue weighted by Crippen LogP contribution is 2.45. The van der Waals surface area contributed by atoms with Gasteiger partial charge >= 0.3 is 39.5 Å². The molecular formula is C73H138O17P2. The normalized spacial score (nSPS) is 14.5. The van der Waals surface area contributed by atoms with Crippen LogP contribution in [0, 0.1) is 11.8 Å². The quantitative estimate of drug-likeness (QED) is 0.0169. The Morgan fingerprint density at radius 2 is 0.641 bits per heavy atom. The zero-order valence-electron chi connectivity index (χ0n) is 59.3. The lowest BCUT2D eigenvalue weighted by molar-refractivity contribution is -0.161. The molecule has 0 aliphatic rings. The van der Waals surface area contributed by atoms with Gasteiger partial charge in [0.15, 0.2) is 12.2 Å². The zero-order valence-corrected chi connectivity index (χ0v) is 61.1. The zero-order chi connectivity index (χ0) is 67.9. The van der Waals surface area contributed by atoms with Gasteiger partial charge in [-0.2, -0.15) is 0 Å². The average molecular weight is 1350 g/mol. The molecule has 0 amide bonds. The van der Waals surface area contributed by atoms with Gasteiger partial charge in [-0.15, -0.1) is 0 Å². The maximum absolute atomic E-state index is 13.0. The Labute approximate surface area is 561 Å². The summed E-state index contributed by atoms with van der Waals surface area (Å²) in [6.45, 7) is 9.46. The van der Waals surface area contributed by atoms with E-state index in [1.807, 2.05) is 0 Å². The van der Waals surface area contributed by atoms with Gasteiger partial charge in [-0.05, 0) is 63.2 Å². The molecule has 0 bridgehead atoms. The summed E-state index contributed by atoms with van der Waals surface area (Å²) in [5.41, 5.74) is 0. The van der Waals surface area contributed by atoms with Crippen LogP contribution >= 0.6 is 15.6 Å². The Balaban J connectivity index is 5.27. The number of ether oxygens (including phenoxy) is 4. The molecule has 542 valence electrons. The van der Waals surface area contributed by atoms with E-state index in [9.17, 15) is 43.2 Å². The van der Waals surface area contributed by atoms with Crippen molar-refractivity contribution in [2.45, 2.75) is 368 Å². The van der Waals surface area contributed by atoms with Gasteiger partial charge in [0.25, 0.3) is 0 Å². The van der Waals surface area contributed by atoms with Crippen molar-refractivity contribution in [3.05, 3.63) is 24.3 Å². The first-order valence-electron chi connectivity index (χ1n) is 37.3. The number of carbonyl (C=O) groups excluding carboxylic acids is 4. The summed E-state index contributed by atoms with van der Waals surface area (Å²) < 4.78 is 68.3. The van der Waals surface area contributed by atoms with Gasteiger partial charge in [-0.25, -0.2) is 9.13 Å². The maximum Gasteiger partial charge on any atom is 0.472 e. The minimum Gasteiger partial charge on any atom is -0.462 e. The molecule has 92 heavy (non-hydrogen) atoms. The van der Waals surface area contributed by atoms with Crippen LogP contribution in [-0.2, 0) is 65.4 Å². The molecule has 0 aliphatic heterocycles. The second-order valence-corrected chi connectivity index (χ2v) is 29.3. The van der Waals surface area contributed by atoms with E-state index in [1.54, 1.807) is 0 Å². The summed E-state index contributed by atoms with van der Waals surface area (Å²) in [5, 5.41) is 10.6. The largest absolute Gasteiger partial charge is 0.472 e. The van der Waals surface area contributed by atoms with Crippen molar-refractivity contribution in [1.82, 2.24) is 0 Å². The summed E-state index contributed by atoms with van der Waals surface area (Å²) in [4.78, 5) is 72.6. The molecule has 0 rings (SSSR count). The fourth-order valence-corrected chi connectivity index (χ4v) is 12.1. The molecule has 0 saturated heterocycles. The van der Waals surface area contributed by atoms with Crippen LogP contribution in [0.2, 0.25) is 0 Å². The van der Waals surface area contributed by atoms with Crippen LogP contribution in [0.5, 0.6) is 0 Å². The van der Waals surface area contributed by atoms with E-state index in [0.29, 0.717) is 25.7 Å². The molecule has 0 aromatic rings. The van der Waals surface area contributed by atoms with Crippen LogP contribution in [-0.4, -0.2) is 96.7 Å². The first-order valence-corrected chi connectivity index (χ1v) is 40.3. The number of carbonyl (C=O) groups is 4. The van der Waals surface area contributed by atoms with Gasteiger partial charge < -0.3 is 33.8 Å². The van der Waals surface area contributed by atoms with Crippen molar-refractivity contribution in [2.24, 2.45) is 11.8 Å². The third-order valence-electron chi connectivity index (χ3n) is 16.7. The van der Waals surface area contributed by atoms with E-state index in [-0.39, 0.29) is 25.7 Å². The van der Waals surface area contributed by atoms with Crippen molar-refractivity contribution in [2.75, 3.05) is 39.6 Å². The molecule has 0 heterocycles. The number of hydrogen-bond acceptors (Lipinski definition) is 15. The number of unbranched alkanes of at least 4 members (excludes halogenated alkanes) is 36. The molecule has 0 aliphatic carbocycles. The van der Waals surface area contributed by atoms with Gasteiger partial charge in [-0.1, -0.05) is 297 Å². The third kappa shape index (κ3) is 64.9. The topological polar surface area (TPSA) is 237 Å². The van der Waals surface area contributed by atoms with E-state index in [4.69, 9.17) is 37.0 Å². The maximum atomic E-state index is 13.0. The summed E-state index contributed by atoms with van der Waals surface area (Å²) >= 11 is 0.